The van der Waals surface area contributed by atoms with Crippen LogP contribution in [0.1, 0.15) is 37.5 Å². The van der Waals surface area contributed by atoms with E-state index in [0.29, 0.717) is 18.7 Å². The van der Waals surface area contributed by atoms with Crippen molar-refractivity contribution in [2.45, 2.75) is 44.4 Å². The molecule has 0 aliphatic carbocycles. The minimum atomic E-state index is -0.668. The average Bonchev–Trinajstić information content (AvgIpc) is 3.32. The number of carbonyl (C=O) groups is 1. The molecule has 2 aromatic heterocycles. The number of nitrogens with one attached hydrogen (secondary N) is 1. The Kier molecular flexibility index (Phi) is 5.53. The van der Waals surface area contributed by atoms with Gasteiger partial charge >= 0.3 is 6.03 Å². The van der Waals surface area contributed by atoms with Crippen LogP contribution in [0.3, 0.4) is 0 Å². The summed E-state index contributed by atoms with van der Waals surface area (Å²) in [6.07, 6.45) is 7.77. The highest BCUT2D eigenvalue weighted by Crippen LogP contribution is 2.27. The van der Waals surface area contributed by atoms with Crippen LogP contribution in [0, 0.1) is 0 Å². The molecule has 24 heavy (non-hydrogen) atoms. The molecule has 2 amide bonds. The van der Waals surface area contributed by atoms with E-state index in [2.05, 4.69) is 10.4 Å². The number of hydrogen-bond acceptors (Lipinski definition) is 4. The van der Waals surface area contributed by atoms with Crippen LogP contribution in [0.25, 0.3) is 0 Å². The highest BCUT2D eigenvalue weighted by molar-refractivity contribution is 5.74. The number of likely N-dealkylation sites (tertiary alicyclic amines) is 1. The third-order valence-corrected chi connectivity index (χ3v) is 4.40. The van der Waals surface area contributed by atoms with Gasteiger partial charge in [-0.05, 0) is 37.5 Å². The van der Waals surface area contributed by atoms with E-state index >= 15 is 0 Å². The van der Waals surface area contributed by atoms with Gasteiger partial charge in [0, 0.05) is 44.5 Å². The van der Waals surface area contributed by atoms with Gasteiger partial charge in [-0.25, -0.2) is 4.79 Å². The summed E-state index contributed by atoms with van der Waals surface area (Å²) in [6.45, 7) is 2.14. The second kappa shape index (κ2) is 8.01. The Morgan fingerprint density at radius 3 is 3.17 bits per heavy atom. The number of furan rings is 1. The minimum absolute atomic E-state index is 0.0513. The van der Waals surface area contributed by atoms with Crippen molar-refractivity contribution in [3.63, 3.8) is 0 Å². The van der Waals surface area contributed by atoms with Gasteiger partial charge in [0.05, 0.1) is 6.26 Å². The fourth-order valence-corrected chi connectivity index (χ4v) is 3.17. The van der Waals surface area contributed by atoms with Crippen LogP contribution in [0.15, 0.2) is 41.3 Å². The Morgan fingerprint density at radius 2 is 2.42 bits per heavy atom. The molecular weight excluding hydrogens is 308 g/mol. The molecule has 1 saturated heterocycles. The molecule has 7 heteroatoms. The fraction of sp³-hybridized carbons (Fsp3) is 0.529. The Balaban J connectivity index is 1.43. The monoisotopic (exact) mass is 332 g/mol. The first-order valence-corrected chi connectivity index (χ1v) is 8.47. The number of nitrogens with zero attached hydrogens (tertiary/aromatic N) is 3. The first kappa shape index (κ1) is 16.6. The van der Waals surface area contributed by atoms with Gasteiger partial charge in [0.2, 0.25) is 0 Å². The fourth-order valence-electron chi connectivity index (χ4n) is 3.17. The molecule has 0 spiro atoms. The van der Waals surface area contributed by atoms with Crippen LogP contribution >= 0.6 is 0 Å². The van der Waals surface area contributed by atoms with Crippen LogP contribution in [0.5, 0.6) is 0 Å². The van der Waals surface area contributed by atoms with E-state index in [9.17, 15) is 9.90 Å². The maximum Gasteiger partial charge on any atom is 0.317 e. The zero-order valence-electron chi connectivity index (χ0n) is 13.7. The number of carbonyl (C=O) groups excluding carboxylic acids is 1. The van der Waals surface area contributed by atoms with Gasteiger partial charge in [0.25, 0.3) is 0 Å². The van der Waals surface area contributed by atoms with Crippen LogP contribution in [-0.2, 0) is 6.54 Å². The molecule has 3 heterocycles. The van der Waals surface area contributed by atoms with E-state index in [4.69, 9.17) is 4.42 Å². The minimum Gasteiger partial charge on any atom is -0.467 e. The predicted octanol–water partition coefficient (Wildman–Crippen LogP) is 2.16. The summed E-state index contributed by atoms with van der Waals surface area (Å²) in [6, 6.07) is 5.41. The molecule has 2 unspecified atom stereocenters. The quantitative estimate of drug-likeness (QED) is 0.761. The number of urea groups is 1. The number of amides is 2. The van der Waals surface area contributed by atoms with Crippen molar-refractivity contribution in [1.29, 1.82) is 0 Å². The maximum atomic E-state index is 12.4. The van der Waals surface area contributed by atoms with E-state index in [1.165, 1.54) is 0 Å². The van der Waals surface area contributed by atoms with Gasteiger partial charge in [-0.15, -0.1) is 0 Å². The van der Waals surface area contributed by atoms with E-state index < -0.39 is 6.10 Å². The molecule has 1 aliphatic heterocycles. The van der Waals surface area contributed by atoms with Crippen molar-refractivity contribution in [2.75, 3.05) is 13.1 Å². The summed E-state index contributed by atoms with van der Waals surface area (Å²) in [5.41, 5.74) is 0. The average molecular weight is 332 g/mol. The molecule has 2 N–H and O–H groups in total. The number of rotatable bonds is 7. The largest absolute Gasteiger partial charge is 0.467 e. The number of aryl methyl sites for hydroxylation is 1. The van der Waals surface area contributed by atoms with Gasteiger partial charge < -0.3 is 19.7 Å². The van der Waals surface area contributed by atoms with Crippen molar-refractivity contribution in [3.05, 3.63) is 42.6 Å². The van der Waals surface area contributed by atoms with Crippen LogP contribution in [0.4, 0.5) is 4.79 Å². The van der Waals surface area contributed by atoms with Crippen LogP contribution in [-0.4, -0.2) is 44.9 Å². The Hall–Kier alpha value is -2.28. The second-order valence-electron chi connectivity index (χ2n) is 6.11. The third-order valence-electron chi connectivity index (χ3n) is 4.40. The van der Waals surface area contributed by atoms with Gasteiger partial charge in [-0.2, -0.15) is 5.10 Å². The Labute approximate surface area is 141 Å². The van der Waals surface area contributed by atoms with Crippen molar-refractivity contribution in [1.82, 2.24) is 20.0 Å². The number of aliphatic hydroxyl groups is 1. The number of aliphatic hydroxyl groups excluding tert-OH is 1. The summed E-state index contributed by atoms with van der Waals surface area (Å²) in [7, 11) is 0. The summed E-state index contributed by atoms with van der Waals surface area (Å²) >= 11 is 0. The lowest BCUT2D eigenvalue weighted by Crippen LogP contribution is -2.43. The smallest absolute Gasteiger partial charge is 0.317 e. The van der Waals surface area contributed by atoms with Crippen LogP contribution in [0.2, 0.25) is 0 Å². The lowest BCUT2D eigenvalue weighted by molar-refractivity contribution is 0.108. The highest BCUT2D eigenvalue weighted by atomic mass is 16.4. The van der Waals surface area contributed by atoms with E-state index in [1.807, 2.05) is 21.8 Å². The van der Waals surface area contributed by atoms with Crippen molar-refractivity contribution >= 4 is 6.03 Å². The Morgan fingerprint density at radius 1 is 1.50 bits per heavy atom. The molecule has 0 bridgehead atoms. The topological polar surface area (TPSA) is 83.5 Å². The highest BCUT2D eigenvalue weighted by Gasteiger charge is 2.31. The maximum absolute atomic E-state index is 12.4. The van der Waals surface area contributed by atoms with Gasteiger partial charge in [0.15, 0.2) is 0 Å². The first-order valence-electron chi connectivity index (χ1n) is 8.47. The lowest BCUT2D eigenvalue weighted by atomic mass is 10.1. The van der Waals surface area contributed by atoms with Gasteiger partial charge in [-0.1, -0.05) is 0 Å². The lowest BCUT2D eigenvalue weighted by Gasteiger charge is -2.26. The molecule has 1 aliphatic rings. The molecular formula is C17H24N4O3. The molecule has 3 rings (SSSR count). The van der Waals surface area contributed by atoms with E-state index in [-0.39, 0.29) is 12.1 Å². The molecule has 2 atom stereocenters. The molecule has 7 nitrogen and oxygen atoms in total. The normalized spacial score (nSPS) is 18.7. The van der Waals surface area contributed by atoms with Crippen molar-refractivity contribution < 1.29 is 14.3 Å². The SMILES string of the molecule is O=C(NCCCn1cccn1)N1CCCC1CC(O)c1ccco1. The number of hydrogen-bond donors (Lipinski definition) is 2. The Bertz CT molecular complexity index is 612. The van der Waals surface area contributed by atoms with E-state index in [1.54, 1.807) is 24.6 Å². The molecule has 0 aromatic carbocycles. The molecule has 0 radical (unpaired) electrons. The third kappa shape index (κ3) is 4.17. The van der Waals surface area contributed by atoms with Crippen molar-refractivity contribution in [3.8, 4) is 0 Å². The summed E-state index contributed by atoms with van der Waals surface area (Å²) in [5, 5.41) is 17.3. The summed E-state index contributed by atoms with van der Waals surface area (Å²) in [4.78, 5) is 14.2. The molecule has 1 fully saturated rings. The van der Waals surface area contributed by atoms with Gasteiger partial charge in [-0.3, -0.25) is 4.68 Å². The van der Waals surface area contributed by atoms with Crippen molar-refractivity contribution in [2.24, 2.45) is 0 Å². The standard InChI is InChI=1S/C17H24N4O3/c22-15(16-6-2-12-24-16)13-14-5-1-11-21(14)17(23)18-7-3-9-20-10-4-8-19-20/h2,4,6,8,10,12,14-15,22H,1,3,5,7,9,11,13H2,(H,18,23). The van der Waals surface area contributed by atoms with Crippen LogP contribution < -0.4 is 5.32 Å². The predicted molar refractivity (Wildman–Crippen MR) is 88.3 cm³/mol. The molecule has 2 aromatic rings. The zero-order valence-corrected chi connectivity index (χ0v) is 13.7. The summed E-state index contributed by atoms with van der Waals surface area (Å²) < 4.78 is 7.09. The first-order chi connectivity index (χ1) is 11.7. The number of aromatic nitrogens is 2. The molecule has 0 saturated carbocycles. The van der Waals surface area contributed by atoms with E-state index in [0.717, 1.165) is 32.4 Å². The van der Waals surface area contributed by atoms with Gasteiger partial charge in [0.1, 0.15) is 11.9 Å². The zero-order chi connectivity index (χ0) is 16.8. The molecule has 130 valence electrons. The second-order valence-corrected chi connectivity index (χ2v) is 6.11. The summed E-state index contributed by atoms with van der Waals surface area (Å²) in [5.74, 6) is 0.557.